The molecule has 1 unspecified atom stereocenters. The Balaban J connectivity index is 1.94. The Kier molecular flexibility index (Phi) is 5.92. The standard InChI is InChI=1S/C19H22N2O2/c1-3-18(16-7-5-4-6-8-16)19(23)20-13-15-9-11-17(12-10-15)21-14(2)22/h4-12,18H,3,13H2,1-2H3,(H,20,23)(H,21,22). The monoisotopic (exact) mass is 310 g/mol. The summed E-state index contributed by atoms with van der Waals surface area (Å²) in [4.78, 5) is 23.4. The number of nitrogens with one attached hydrogen (secondary N) is 2. The molecule has 0 fully saturated rings. The molecular weight excluding hydrogens is 288 g/mol. The highest BCUT2D eigenvalue weighted by Gasteiger charge is 2.17. The molecule has 120 valence electrons. The van der Waals surface area contributed by atoms with Gasteiger partial charge in [-0.15, -0.1) is 0 Å². The molecule has 23 heavy (non-hydrogen) atoms. The Hall–Kier alpha value is -2.62. The van der Waals surface area contributed by atoms with Crippen molar-refractivity contribution in [3.8, 4) is 0 Å². The van der Waals surface area contributed by atoms with Crippen molar-refractivity contribution in [2.45, 2.75) is 32.7 Å². The van der Waals surface area contributed by atoms with Crippen LogP contribution in [0.5, 0.6) is 0 Å². The fourth-order valence-electron chi connectivity index (χ4n) is 2.48. The minimum absolute atomic E-state index is 0.0321. The van der Waals surface area contributed by atoms with Crippen molar-refractivity contribution in [3.63, 3.8) is 0 Å². The summed E-state index contributed by atoms with van der Waals surface area (Å²) < 4.78 is 0. The van der Waals surface area contributed by atoms with Crippen molar-refractivity contribution in [1.82, 2.24) is 5.32 Å². The molecule has 4 nitrogen and oxygen atoms in total. The summed E-state index contributed by atoms with van der Waals surface area (Å²) in [5.74, 6) is -0.195. The van der Waals surface area contributed by atoms with Gasteiger partial charge in [-0.2, -0.15) is 0 Å². The summed E-state index contributed by atoms with van der Waals surface area (Å²) in [6.45, 7) is 3.96. The van der Waals surface area contributed by atoms with E-state index in [2.05, 4.69) is 10.6 Å². The topological polar surface area (TPSA) is 58.2 Å². The lowest BCUT2D eigenvalue weighted by molar-refractivity contribution is -0.122. The highest BCUT2D eigenvalue weighted by atomic mass is 16.2. The fourth-order valence-corrected chi connectivity index (χ4v) is 2.48. The van der Waals surface area contributed by atoms with Crippen molar-refractivity contribution in [2.24, 2.45) is 0 Å². The van der Waals surface area contributed by atoms with E-state index in [0.717, 1.165) is 23.2 Å². The first-order valence-electron chi connectivity index (χ1n) is 7.79. The molecular formula is C19H22N2O2. The Bertz CT molecular complexity index is 651. The van der Waals surface area contributed by atoms with E-state index in [1.54, 1.807) is 0 Å². The van der Waals surface area contributed by atoms with E-state index in [-0.39, 0.29) is 17.7 Å². The summed E-state index contributed by atoms with van der Waals surface area (Å²) in [6, 6.07) is 17.3. The van der Waals surface area contributed by atoms with Gasteiger partial charge in [0, 0.05) is 19.2 Å². The predicted molar refractivity (Wildman–Crippen MR) is 92.1 cm³/mol. The first kappa shape index (κ1) is 16.7. The van der Waals surface area contributed by atoms with Gasteiger partial charge in [0.15, 0.2) is 0 Å². The van der Waals surface area contributed by atoms with Gasteiger partial charge in [-0.25, -0.2) is 0 Å². The molecule has 2 aromatic rings. The summed E-state index contributed by atoms with van der Waals surface area (Å²) in [5, 5.41) is 5.70. The molecule has 2 N–H and O–H groups in total. The smallest absolute Gasteiger partial charge is 0.227 e. The molecule has 2 rings (SSSR count). The molecule has 0 radical (unpaired) electrons. The van der Waals surface area contributed by atoms with Crippen LogP contribution in [-0.2, 0) is 16.1 Å². The normalized spacial score (nSPS) is 11.6. The van der Waals surface area contributed by atoms with E-state index in [4.69, 9.17) is 0 Å². The van der Waals surface area contributed by atoms with Crippen LogP contribution in [0.15, 0.2) is 54.6 Å². The third kappa shape index (κ3) is 4.95. The second-order valence-electron chi connectivity index (χ2n) is 5.47. The molecule has 0 bridgehead atoms. The number of carbonyl (C=O) groups excluding carboxylic acids is 2. The zero-order valence-corrected chi connectivity index (χ0v) is 13.5. The second kappa shape index (κ2) is 8.13. The largest absolute Gasteiger partial charge is 0.351 e. The summed E-state index contributed by atoms with van der Waals surface area (Å²) >= 11 is 0. The summed E-state index contributed by atoms with van der Waals surface area (Å²) in [7, 11) is 0. The maximum atomic E-state index is 12.4. The number of anilines is 1. The average molecular weight is 310 g/mol. The Morgan fingerprint density at radius 3 is 2.22 bits per heavy atom. The maximum absolute atomic E-state index is 12.4. The predicted octanol–water partition coefficient (Wildman–Crippen LogP) is 3.46. The van der Waals surface area contributed by atoms with E-state index in [1.165, 1.54) is 6.92 Å². The van der Waals surface area contributed by atoms with E-state index in [0.29, 0.717) is 6.54 Å². The molecule has 0 aliphatic heterocycles. The van der Waals surface area contributed by atoms with E-state index in [1.807, 2.05) is 61.5 Å². The van der Waals surface area contributed by atoms with Gasteiger partial charge in [-0.3, -0.25) is 9.59 Å². The third-order valence-electron chi connectivity index (χ3n) is 3.67. The zero-order valence-electron chi connectivity index (χ0n) is 13.5. The lowest BCUT2D eigenvalue weighted by Crippen LogP contribution is -2.28. The van der Waals surface area contributed by atoms with Crippen molar-refractivity contribution in [3.05, 3.63) is 65.7 Å². The first-order valence-corrected chi connectivity index (χ1v) is 7.79. The first-order chi connectivity index (χ1) is 11.1. The number of rotatable bonds is 6. The van der Waals surface area contributed by atoms with Gasteiger partial charge in [0.2, 0.25) is 11.8 Å². The second-order valence-corrected chi connectivity index (χ2v) is 5.47. The minimum atomic E-state index is -0.130. The van der Waals surface area contributed by atoms with Gasteiger partial charge in [0.1, 0.15) is 0 Å². The van der Waals surface area contributed by atoms with Gasteiger partial charge in [-0.05, 0) is 29.7 Å². The Morgan fingerprint density at radius 1 is 1.00 bits per heavy atom. The average Bonchev–Trinajstić information content (AvgIpc) is 2.55. The van der Waals surface area contributed by atoms with E-state index < -0.39 is 0 Å². The summed E-state index contributed by atoms with van der Waals surface area (Å²) in [6.07, 6.45) is 0.761. The number of benzene rings is 2. The van der Waals surface area contributed by atoms with E-state index >= 15 is 0 Å². The molecule has 1 atom stereocenters. The van der Waals surface area contributed by atoms with Gasteiger partial charge >= 0.3 is 0 Å². The van der Waals surface area contributed by atoms with Crippen LogP contribution in [0.1, 0.15) is 37.3 Å². The lowest BCUT2D eigenvalue weighted by atomic mass is 9.95. The van der Waals surface area contributed by atoms with E-state index in [9.17, 15) is 9.59 Å². The van der Waals surface area contributed by atoms with Crippen LogP contribution in [0.2, 0.25) is 0 Å². The van der Waals surface area contributed by atoms with Crippen LogP contribution >= 0.6 is 0 Å². The van der Waals surface area contributed by atoms with Crippen molar-refractivity contribution >= 4 is 17.5 Å². The number of amides is 2. The van der Waals surface area contributed by atoms with Crippen LogP contribution in [0, 0.1) is 0 Å². The molecule has 0 aliphatic carbocycles. The van der Waals surface area contributed by atoms with Gasteiger partial charge in [0.25, 0.3) is 0 Å². The molecule has 0 spiro atoms. The number of hydrogen-bond acceptors (Lipinski definition) is 2. The van der Waals surface area contributed by atoms with Gasteiger partial charge in [-0.1, -0.05) is 49.4 Å². The summed E-state index contributed by atoms with van der Waals surface area (Å²) in [5.41, 5.74) is 2.78. The highest BCUT2D eigenvalue weighted by Crippen LogP contribution is 2.19. The Morgan fingerprint density at radius 2 is 1.65 bits per heavy atom. The molecule has 0 saturated carbocycles. The van der Waals surface area contributed by atoms with Crippen LogP contribution in [0.3, 0.4) is 0 Å². The van der Waals surface area contributed by atoms with Crippen LogP contribution in [0.25, 0.3) is 0 Å². The molecule has 2 aromatic carbocycles. The van der Waals surface area contributed by atoms with Gasteiger partial charge < -0.3 is 10.6 Å². The van der Waals surface area contributed by atoms with Crippen molar-refractivity contribution in [1.29, 1.82) is 0 Å². The third-order valence-corrected chi connectivity index (χ3v) is 3.67. The SMILES string of the molecule is CCC(C(=O)NCc1ccc(NC(C)=O)cc1)c1ccccc1. The van der Waals surface area contributed by atoms with Crippen molar-refractivity contribution < 1.29 is 9.59 Å². The molecule has 0 heterocycles. The van der Waals surface area contributed by atoms with Gasteiger partial charge in [0.05, 0.1) is 5.92 Å². The maximum Gasteiger partial charge on any atom is 0.227 e. The van der Waals surface area contributed by atoms with Crippen molar-refractivity contribution in [2.75, 3.05) is 5.32 Å². The fraction of sp³-hybridized carbons (Fsp3) is 0.263. The van der Waals surface area contributed by atoms with Crippen LogP contribution in [-0.4, -0.2) is 11.8 Å². The minimum Gasteiger partial charge on any atom is -0.351 e. The molecule has 4 heteroatoms. The Labute approximate surface area is 136 Å². The quantitative estimate of drug-likeness (QED) is 0.858. The highest BCUT2D eigenvalue weighted by molar-refractivity contribution is 5.88. The molecule has 0 aliphatic rings. The zero-order chi connectivity index (χ0) is 16.7. The number of hydrogen-bond donors (Lipinski definition) is 2. The molecule has 2 amide bonds. The van der Waals surface area contributed by atoms with Crippen LogP contribution in [0.4, 0.5) is 5.69 Å². The number of carbonyl (C=O) groups is 2. The molecule has 0 aromatic heterocycles. The lowest BCUT2D eigenvalue weighted by Gasteiger charge is -2.15. The van der Waals surface area contributed by atoms with Crippen LogP contribution < -0.4 is 10.6 Å². The molecule has 0 saturated heterocycles.